The SMILES string of the molecule is CCCCn1c(=O)c2nc3c(=O)n(CCCC)c(=O)n(CCCC)c3nc2n(CCCC)c1=O. The Labute approximate surface area is 197 Å². The number of nitrogens with zero attached hydrogens (tertiary/aromatic N) is 6. The predicted octanol–water partition coefficient (Wildman–Crippen LogP) is 2.63. The fraction of sp³-hybridized carbons (Fsp3) is 0.667. The van der Waals surface area contributed by atoms with E-state index in [9.17, 15) is 19.2 Å². The largest absolute Gasteiger partial charge is 0.332 e. The molecule has 3 rings (SSSR count). The van der Waals surface area contributed by atoms with Gasteiger partial charge in [0.25, 0.3) is 11.1 Å². The van der Waals surface area contributed by atoms with Crippen molar-refractivity contribution in [3.63, 3.8) is 0 Å². The molecule has 0 N–H and O–H groups in total. The average molecular weight is 473 g/mol. The van der Waals surface area contributed by atoms with Crippen LogP contribution in [-0.4, -0.2) is 28.2 Å². The van der Waals surface area contributed by atoms with Gasteiger partial charge in [0.05, 0.1) is 0 Å². The van der Waals surface area contributed by atoms with Gasteiger partial charge < -0.3 is 0 Å². The zero-order valence-electron chi connectivity index (χ0n) is 20.8. The van der Waals surface area contributed by atoms with Gasteiger partial charge in [-0.1, -0.05) is 53.4 Å². The molecule has 0 aliphatic heterocycles. The van der Waals surface area contributed by atoms with E-state index in [-0.39, 0.29) is 35.4 Å². The van der Waals surface area contributed by atoms with E-state index in [4.69, 9.17) is 0 Å². The van der Waals surface area contributed by atoms with Crippen molar-refractivity contribution in [1.82, 2.24) is 28.2 Å². The minimum Gasteiger partial charge on any atom is -0.276 e. The number of fused-ring (bicyclic) bond motifs is 2. The summed E-state index contributed by atoms with van der Waals surface area (Å²) in [6.45, 7) is 9.34. The van der Waals surface area contributed by atoms with E-state index in [0.717, 1.165) is 38.5 Å². The lowest BCUT2D eigenvalue weighted by atomic mass is 10.3. The zero-order chi connectivity index (χ0) is 24.8. The van der Waals surface area contributed by atoms with E-state index >= 15 is 0 Å². The standard InChI is InChI=1S/C24H36N6O4/c1-5-9-13-27-19-17(21(31)29(23(27)33)15-11-7-3)25-18-20(26-19)28(14-10-6-2)24(34)30(22(18)32)16-12-8-4/h5-16H2,1-4H3. The van der Waals surface area contributed by atoms with E-state index < -0.39 is 22.5 Å². The highest BCUT2D eigenvalue weighted by Crippen LogP contribution is 2.12. The summed E-state index contributed by atoms with van der Waals surface area (Å²) >= 11 is 0. The number of unbranched alkanes of at least 4 members (excludes halogenated alkanes) is 4. The Bertz CT molecular complexity index is 1290. The topological polar surface area (TPSA) is 114 Å². The van der Waals surface area contributed by atoms with Crippen molar-refractivity contribution in [2.24, 2.45) is 0 Å². The number of aryl methyl sites for hydroxylation is 2. The van der Waals surface area contributed by atoms with E-state index in [1.165, 1.54) is 18.3 Å². The fourth-order valence-corrected chi connectivity index (χ4v) is 4.05. The van der Waals surface area contributed by atoms with Crippen LogP contribution >= 0.6 is 0 Å². The molecule has 10 nitrogen and oxygen atoms in total. The summed E-state index contributed by atoms with van der Waals surface area (Å²) in [6, 6.07) is 0. The smallest absolute Gasteiger partial charge is 0.276 e. The van der Waals surface area contributed by atoms with Gasteiger partial charge in [0.15, 0.2) is 22.3 Å². The van der Waals surface area contributed by atoms with Crippen LogP contribution in [0.2, 0.25) is 0 Å². The average Bonchev–Trinajstić information content (AvgIpc) is 2.83. The van der Waals surface area contributed by atoms with Crippen molar-refractivity contribution >= 4 is 22.3 Å². The molecule has 3 aromatic rings. The summed E-state index contributed by atoms with van der Waals surface area (Å²) in [6.07, 6.45) is 6.16. The van der Waals surface area contributed by atoms with Gasteiger partial charge in [-0.3, -0.25) is 27.9 Å². The third kappa shape index (κ3) is 4.76. The summed E-state index contributed by atoms with van der Waals surface area (Å²) < 4.78 is 5.34. The molecule has 186 valence electrons. The van der Waals surface area contributed by atoms with Crippen LogP contribution in [0.25, 0.3) is 22.3 Å². The molecule has 0 fully saturated rings. The van der Waals surface area contributed by atoms with Gasteiger partial charge in [0.1, 0.15) is 0 Å². The minimum atomic E-state index is -0.540. The molecule has 10 heteroatoms. The first-order valence-electron chi connectivity index (χ1n) is 12.6. The van der Waals surface area contributed by atoms with E-state index in [1.54, 1.807) is 0 Å². The van der Waals surface area contributed by atoms with Crippen LogP contribution < -0.4 is 22.5 Å². The molecular formula is C24H36N6O4. The quantitative estimate of drug-likeness (QED) is 0.374. The molecule has 0 aliphatic carbocycles. The normalized spacial score (nSPS) is 11.6. The van der Waals surface area contributed by atoms with Crippen molar-refractivity contribution in [2.45, 2.75) is 105 Å². The number of hydrogen-bond acceptors (Lipinski definition) is 6. The third-order valence-corrected chi connectivity index (χ3v) is 6.13. The van der Waals surface area contributed by atoms with Gasteiger partial charge in [-0.15, -0.1) is 0 Å². The lowest BCUT2D eigenvalue weighted by Crippen LogP contribution is -2.43. The zero-order valence-corrected chi connectivity index (χ0v) is 20.8. The molecule has 0 unspecified atom stereocenters. The van der Waals surface area contributed by atoms with Gasteiger partial charge >= 0.3 is 11.4 Å². The Morgan fingerprint density at radius 3 is 1.15 bits per heavy atom. The molecule has 3 aromatic heterocycles. The van der Waals surface area contributed by atoms with Crippen LogP contribution in [0, 0.1) is 0 Å². The van der Waals surface area contributed by atoms with Crippen LogP contribution in [0.15, 0.2) is 19.2 Å². The Morgan fingerprint density at radius 2 is 0.824 bits per heavy atom. The van der Waals surface area contributed by atoms with Crippen LogP contribution in [0.4, 0.5) is 0 Å². The first kappa shape index (κ1) is 25.6. The first-order valence-corrected chi connectivity index (χ1v) is 12.6. The molecule has 0 aromatic carbocycles. The second-order valence-electron chi connectivity index (χ2n) is 8.76. The monoisotopic (exact) mass is 472 g/mol. The van der Waals surface area contributed by atoms with E-state index in [1.807, 2.05) is 27.7 Å². The van der Waals surface area contributed by atoms with Gasteiger partial charge in [0.2, 0.25) is 0 Å². The summed E-state index contributed by atoms with van der Waals surface area (Å²) in [4.78, 5) is 62.1. The minimum absolute atomic E-state index is 0.000798. The van der Waals surface area contributed by atoms with Crippen molar-refractivity contribution in [2.75, 3.05) is 0 Å². The fourth-order valence-electron chi connectivity index (χ4n) is 4.05. The Kier molecular flexibility index (Phi) is 8.57. The van der Waals surface area contributed by atoms with Gasteiger partial charge in [-0.2, -0.15) is 0 Å². The van der Waals surface area contributed by atoms with Crippen molar-refractivity contribution < 1.29 is 0 Å². The molecule has 0 atom stereocenters. The highest BCUT2D eigenvalue weighted by atomic mass is 16.2. The number of rotatable bonds is 12. The number of hydrogen-bond donors (Lipinski definition) is 0. The van der Waals surface area contributed by atoms with Crippen molar-refractivity contribution in [3.05, 3.63) is 41.7 Å². The predicted molar refractivity (Wildman–Crippen MR) is 134 cm³/mol. The first-order chi connectivity index (χ1) is 16.4. The maximum Gasteiger partial charge on any atom is 0.332 e. The Hall–Kier alpha value is -3.04. The molecule has 0 radical (unpaired) electrons. The van der Waals surface area contributed by atoms with Crippen molar-refractivity contribution in [3.8, 4) is 0 Å². The van der Waals surface area contributed by atoms with Crippen molar-refractivity contribution in [1.29, 1.82) is 0 Å². The van der Waals surface area contributed by atoms with Crippen LogP contribution in [0.5, 0.6) is 0 Å². The summed E-state index contributed by atoms with van der Waals surface area (Å²) in [7, 11) is 0. The summed E-state index contributed by atoms with van der Waals surface area (Å²) in [5.74, 6) is 0. The summed E-state index contributed by atoms with van der Waals surface area (Å²) in [5.41, 5.74) is -1.65. The van der Waals surface area contributed by atoms with Crippen LogP contribution in [-0.2, 0) is 26.2 Å². The molecule has 3 heterocycles. The Morgan fingerprint density at radius 1 is 0.500 bits per heavy atom. The lowest BCUT2D eigenvalue weighted by molar-refractivity contribution is 0.522. The second-order valence-corrected chi connectivity index (χ2v) is 8.76. The molecule has 0 bridgehead atoms. The van der Waals surface area contributed by atoms with Crippen LogP contribution in [0.3, 0.4) is 0 Å². The van der Waals surface area contributed by atoms with Gasteiger partial charge in [0, 0.05) is 26.2 Å². The van der Waals surface area contributed by atoms with E-state index in [0.29, 0.717) is 25.9 Å². The van der Waals surface area contributed by atoms with Gasteiger partial charge in [-0.05, 0) is 25.7 Å². The third-order valence-electron chi connectivity index (χ3n) is 6.13. The summed E-state index contributed by atoms with van der Waals surface area (Å²) in [5, 5.41) is 0. The maximum atomic E-state index is 13.3. The highest BCUT2D eigenvalue weighted by molar-refractivity contribution is 5.81. The molecule has 0 saturated heterocycles. The molecule has 34 heavy (non-hydrogen) atoms. The molecule has 0 aliphatic rings. The second kappa shape index (κ2) is 11.4. The molecule has 0 spiro atoms. The molecule has 0 saturated carbocycles. The highest BCUT2D eigenvalue weighted by Gasteiger charge is 2.21. The van der Waals surface area contributed by atoms with Crippen LogP contribution in [0.1, 0.15) is 79.1 Å². The maximum absolute atomic E-state index is 13.3. The number of aromatic nitrogens is 6. The molecule has 0 amide bonds. The van der Waals surface area contributed by atoms with E-state index in [2.05, 4.69) is 9.97 Å². The Balaban J connectivity index is 2.47. The molecular weight excluding hydrogens is 436 g/mol. The van der Waals surface area contributed by atoms with Gasteiger partial charge in [-0.25, -0.2) is 19.6 Å². The lowest BCUT2D eigenvalue weighted by Gasteiger charge is -2.16.